The Morgan fingerprint density at radius 1 is 1.04 bits per heavy atom. The number of ether oxygens (including phenoxy) is 2. The number of aromatic amines is 1. The highest BCUT2D eigenvalue weighted by Crippen LogP contribution is 2.33. The van der Waals surface area contributed by atoms with Crippen LogP contribution in [0.4, 0.5) is 5.69 Å². The Hall–Kier alpha value is -2.22. The Kier molecular flexibility index (Phi) is 7.35. The average molecular weight is 448 g/mol. The van der Waals surface area contributed by atoms with Gasteiger partial charge in [0, 0.05) is 10.7 Å². The summed E-state index contributed by atoms with van der Waals surface area (Å²) in [6.45, 7) is 4.49. The maximum Gasteiger partial charge on any atom is 0.355 e. The van der Waals surface area contributed by atoms with Crippen LogP contribution in [0, 0.1) is 13.8 Å². The molecule has 1 aromatic carbocycles. The van der Waals surface area contributed by atoms with Crippen LogP contribution >= 0.6 is 34.8 Å². The number of aryl methyl sites for hydroxylation is 1. The van der Waals surface area contributed by atoms with Gasteiger partial charge in [-0.2, -0.15) is 0 Å². The SMILES string of the molecule is CCOC(=O)c1[nH]c(C)c(C(=O)OCC(=O)Nc2c(Cl)cc(Cl)cc2Cl)c1C. The lowest BCUT2D eigenvalue weighted by Gasteiger charge is -2.10. The number of hydrogen-bond acceptors (Lipinski definition) is 5. The number of carbonyl (C=O) groups excluding carboxylic acids is 3. The van der Waals surface area contributed by atoms with Crippen LogP contribution in [0.25, 0.3) is 0 Å². The predicted octanol–water partition coefficient (Wildman–Crippen LogP) is 4.56. The van der Waals surface area contributed by atoms with Crippen LogP contribution in [0.2, 0.25) is 15.1 Å². The van der Waals surface area contributed by atoms with Gasteiger partial charge in [0.05, 0.1) is 27.9 Å². The van der Waals surface area contributed by atoms with Gasteiger partial charge in [-0.25, -0.2) is 9.59 Å². The fourth-order valence-electron chi connectivity index (χ4n) is 2.50. The summed E-state index contributed by atoms with van der Waals surface area (Å²) in [6, 6.07) is 2.83. The molecule has 150 valence electrons. The molecule has 0 saturated carbocycles. The summed E-state index contributed by atoms with van der Waals surface area (Å²) in [5.74, 6) is -1.98. The number of anilines is 1. The highest BCUT2D eigenvalue weighted by atomic mass is 35.5. The zero-order valence-electron chi connectivity index (χ0n) is 15.2. The molecule has 0 aliphatic rings. The number of halogens is 3. The molecule has 0 aliphatic carbocycles. The van der Waals surface area contributed by atoms with Crippen LogP contribution in [0.1, 0.15) is 39.0 Å². The van der Waals surface area contributed by atoms with Crippen molar-refractivity contribution in [1.29, 1.82) is 0 Å². The number of H-pyrrole nitrogens is 1. The first-order valence-corrected chi connectivity index (χ1v) is 9.26. The lowest BCUT2D eigenvalue weighted by Crippen LogP contribution is -2.21. The first kappa shape index (κ1) is 22.1. The molecule has 0 spiro atoms. The van der Waals surface area contributed by atoms with E-state index in [-0.39, 0.29) is 33.6 Å². The maximum atomic E-state index is 12.4. The molecule has 1 heterocycles. The number of amides is 1. The number of rotatable bonds is 6. The lowest BCUT2D eigenvalue weighted by molar-refractivity contribution is -0.119. The highest BCUT2D eigenvalue weighted by molar-refractivity contribution is 6.42. The summed E-state index contributed by atoms with van der Waals surface area (Å²) in [5, 5.41) is 3.07. The van der Waals surface area contributed by atoms with Crippen LogP contribution < -0.4 is 5.32 Å². The highest BCUT2D eigenvalue weighted by Gasteiger charge is 2.24. The second-order valence-electron chi connectivity index (χ2n) is 5.71. The largest absolute Gasteiger partial charge is 0.461 e. The minimum Gasteiger partial charge on any atom is -0.461 e. The van der Waals surface area contributed by atoms with Crippen LogP contribution in [0.3, 0.4) is 0 Å². The smallest absolute Gasteiger partial charge is 0.355 e. The molecule has 2 rings (SSSR count). The molecule has 2 N–H and O–H groups in total. The number of carbonyl (C=O) groups is 3. The van der Waals surface area contributed by atoms with Crippen LogP contribution in [0.15, 0.2) is 12.1 Å². The summed E-state index contributed by atoms with van der Waals surface area (Å²) >= 11 is 17.8. The van der Waals surface area contributed by atoms with Crippen molar-refractivity contribution in [2.75, 3.05) is 18.5 Å². The fraction of sp³-hybridized carbons (Fsp3) is 0.278. The van der Waals surface area contributed by atoms with E-state index in [9.17, 15) is 14.4 Å². The van der Waals surface area contributed by atoms with Crippen molar-refractivity contribution in [2.24, 2.45) is 0 Å². The van der Waals surface area contributed by atoms with E-state index in [1.165, 1.54) is 12.1 Å². The molecule has 0 fully saturated rings. The molecule has 0 atom stereocenters. The van der Waals surface area contributed by atoms with Gasteiger partial charge in [-0.05, 0) is 38.5 Å². The maximum absolute atomic E-state index is 12.4. The molecule has 0 bridgehead atoms. The second-order valence-corrected chi connectivity index (χ2v) is 6.97. The molecule has 0 aliphatic heterocycles. The lowest BCUT2D eigenvalue weighted by atomic mass is 10.1. The third-order valence-corrected chi connectivity index (χ3v) is 4.54. The van der Waals surface area contributed by atoms with E-state index in [0.29, 0.717) is 16.3 Å². The number of nitrogens with one attached hydrogen (secondary N) is 2. The third-order valence-electron chi connectivity index (χ3n) is 3.73. The Labute approximate surface area is 176 Å². The van der Waals surface area contributed by atoms with Crippen molar-refractivity contribution >= 4 is 58.3 Å². The normalized spacial score (nSPS) is 10.5. The summed E-state index contributed by atoms with van der Waals surface area (Å²) in [4.78, 5) is 39.2. The number of hydrogen-bond donors (Lipinski definition) is 2. The van der Waals surface area contributed by atoms with Crippen LogP contribution in [0.5, 0.6) is 0 Å². The zero-order valence-corrected chi connectivity index (χ0v) is 17.5. The number of aromatic nitrogens is 1. The van der Waals surface area contributed by atoms with Crippen molar-refractivity contribution in [3.8, 4) is 0 Å². The topological polar surface area (TPSA) is 97.5 Å². The molecule has 1 aromatic heterocycles. The summed E-state index contributed by atoms with van der Waals surface area (Å²) in [5.41, 5.74) is 1.29. The van der Waals surface area contributed by atoms with Gasteiger partial charge in [-0.15, -0.1) is 0 Å². The molecule has 2 aromatic rings. The second kappa shape index (κ2) is 9.32. The first-order chi connectivity index (χ1) is 13.1. The van der Waals surface area contributed by atoms with Gasteiger partial charge in [0.1, 0.15) is 5.69 Å². The van der Waals surface area contributed by atoms with E-state index in [4.69, 9.17) is 44.3 Å². The Balaban J connectivity index is 2.07. The average Bonchev–Trinajstić information content (AvgIpc) is 2.90. The minimum atomic E-state index is -0.759. The quantitative estimate of drug-likeness (QED) is 0.632. The summed E-state index contributed by atoms with van der Waals surface area (Å²) < 4.78 is 9.98. The van der Waals surface area contributed by atoms with Gasteiger partial charge in [0.2, 0.25) is 0 Å². The van der Waals surface area contributed by atoms with E-state index in [0.717, 1.165) is 0 Å². The molecular formula is C18H17Cl3N2O5. The van der Waals surface area contributed by atoms with Crippen molar-refractivity contribution in [3.05, 3.63) is 49.7 Å². The number of benzene rings is 1. The van der Waals surface area contributed by atoms with Crippen LogP contribution in [-0.4, -0.2) is 36.0 Å². The van der Waals surface area contributed by atoms with Crippen LogP contribution in [-0.2, 0) is 14.3 Å². The predicted molar refractivity (Wildman–Crippen MR) is 107 cm³/mol. The Morgan fingerprint density at radius 3 is 2.21 bits per heavy atom. The van der Waals surface area contributed by atoms with Crippen molar-refractivity contribution in [3.63, 3.8) is 0 Å². The standard InChI is InChI=1S/C18H17Cl3N2O5/c1-4-27-18(26)15-8(2)14(9(3)22-15)17(25)28-7-13(24)23-16-11(20)5-10(19)6-12(16)21/h5-6,22H,4,7H2,1-3H3,(H,23,24). The molecule has 0 radical (unpaired) electrons. The van der Waals surface area contributed by atoms with Gasteiger partial charge in [-0.1, -0.05) is 34.8 Å². The monoisotopic (exact) mass is 446 g/mol. The fourth-order valence-corrected chi connectivity index (χ4v) is 3.42. The molecular weight excluding hydrogens is 431 g/mol. The van der Waals surface area contributed by atoms with Gasteiger partial charge in [0.25, 0.3) is 5.91 Å². The molecule has 1 amide bonds. The molecule has 10 heteroatoms. The van der Waals surface area contributed by atoms with E-state index in [2.05, 4.69) is 10.3 Å². The third kappa shape index (κ3) is 4.98. The Morgan fingerprint density at radius 2 is 1.64 bits per heavy atom. The minimum absolute atomic E-state index is 0.147. The molecule has 28 heavy (non-hydrogen) atoms. The van der Waals surface area contributed by atoms with E-state index in [1.807, 2.05) is 0 Å². The zero-order chi connectivity index (χ0) is 21.0. The molecule has 7 nitrogen and oxygen atoms in total. The molecule has 0 unspecified atom stereocenters. The molecule has 0 saturated heterocycles. The van der Waals surface area contributed by atoms with Gasteiger partial charge in [-0.3, -0.25) is 4.79 Å². The summed E-state index contributed by atoms with van der Waals surface area (Å²) in [7, 11) is 0. The van der Waals surface area contributed by atoms with Gasteiger partial charge in [0.15, 0.2) is 6.61 Å². The van der Waals surface area contributed by atoms with Gasteiger partial charge >= 0.3 is 11.9 Å². The van der Waals surface area contributed by atoms with Crippen molar-refractivity contribution in [2.45, 2.75) is 20.8 Å². The first-order valence-electron chi connectivity index (χ1n) is 8.13. The van der Waals surface area contributed by atoms with Gasteiger partial charge < -0.3 is 19.8 Å². The van der Waals surface area contributed by atoms with E-state index < -0.39 is 24.5 Å². The van der Waals surface area contributed by atoms with Crippen molar-refractivity contribution < 1.29 is 23.9 Å². The summed E-state index contributed by atoms with van der Waals surface area (Å²) in [6.07, 6.45) is 0. The number of esters is 2. The van der Waals surface area contributed by atoms with E-state index in [1.54, 1.807) is 20.8 Å². The Bertz CT molecular complexity index is 917. The van der Waals surface area contributed by atoms with Crippen molar-refractivity contribution in [1.82, 2.24) is 4.98 Å². The van der Waals surface area contributed by atoms with E-state index >= 15 is 0 Å².